The molecule has 2 aromatic carbocycles. The van der Waals surface area contributed by atoms with Gasteiger partial charge in [-0.25, -0.2) is 0 Å². The van der Waals surface area contributed by atoms with E-state index in [1.165, 1.54) is 6.92 Å². The van der Waals surface area contributed by atoms with Crippen molar-refractivity contribution in [2.45, 2.75) is 17.6 Å². The van der Waals surface area contributed by atoms with Gasteiger partial charge in [-0.05, 0) is 42.0 Å². The zero-order valence-electron chi connectivity index (χ0n) is 11.1. The average Bonchev–Trinajstić information content (AvgIpc) is 2.46. The third kappa shape index (κ3) is 4.15. The highest BCUT2D eigenvalue weighted by Gasteiger charge is 1.99. The minimum absolute atomic E-state index is 0.0706. The molecule has 4 heteroatoms. The molecule has 1 N–H and O–H groups in total. The van der Waals surface area contributed by atoms with Gasteiger partial charge in [-0.2, -0.15) is 5.26 Å². The van der Waals surface area contributed by atoms with Gasteiger partial charge in [0, 0.05) is 23.3 Å². The van der Waals surface area contributed by atoms with E-state index in [9.17, 15) is 4.79 Å². The second-order valence-corrected chi connectivity index (χ2v) is 5.36. The SMILES string of the molecule is CC(=O)Nc1ccc(SCc2cccc(C#N)c2)cc1. The van der Waals surface area contributed by atoms with Crippen LogP contribution >= 0.6 is 11.8 Å². The van der Waals surface area contributed by atoms with Crippen LogP contribution < -0.4 is 5.32 Å². The second kappa shape index (κ2) is 6.78. The second-order valence-electron chi connectivity index (χ2n) is 4.31. The highest BCUT2D eigenvalue weighted by molar-refractivity contribution is 7.98. The van der Waals surface area contributed by atoms with E-state index in [2.05, 4.69) is 11.4 Å². The summed E-state index contributed by atoms with van der Waals surface area (Å²) in [5, 5.41) is 11.6. The van der Waals surface area contributed by atoms with E-state index >= 15 is 0 Å². The van der Waals surface area contributed by atoms with E-state index in [-0.39, 0.29) is 5.91 Å². The Bertz CT molecular complexity index is 644. The first-order valence-electron chi connectivity index (χ1n) is 6.17. The summed E-state index contributed by atoms with van der Waals surface area (Å²) in [6.07, 6.45) is 0. The molecule has 0 atom stereocenters. The molecule has 0 fully saturated rings. The lowest BCUT2D eigenvalue weighted by molar-refractivity contribution is -0.114. The van der Waals surface area contributed by atoms with E-state index in [0.29, 0.717) is 5.56 Å². The zero-order chi connectivity index (χ0) is 14.4. The quantitative estimate of drug-likeness (QED) is 0.868. The monoisotopic (exact) mass is 282 g/mol. The van der Waals surface area contributed by atoms with Gasteiger partial charge < -0.3 is 5.32 Å². The molecule has 2 rings (SSSR count). The fraction of sp³-hybridized carbons (Fsp3) is 0.125. The largest absolute Gasteiger partial charge is 0.326 e. The number of rotatable bonds is 4. The highest BCUT2D eigenvalue weighted by Crippen LogP contribution is 2.24. The number of carbonyl (C=O) groups is 1. The van der Waals surface area contributed by atoms with Crippen LogP contribution in [0.15, 0.2) is 53.4 Å². The summed E-state index contributed by atoms with van der Waals surface area (Å²) < 4.78 is 0. The molecule has 0 aliphatic rings. The molecule has 0 spiro atoms. The average molecular weight is 282 g/mol. The maximum atomic E-state index is 10.9. The van der Waals surface area contributed by atoms with Crippen LogP contribution in [-0.2, 0) is 10.5 Å². The molecule has 100 valence electrons. The number of hydrogen-bond donors (Lipinski definition) is 1. The Morgan fingerprint density at radius 2 is 2.00 bits per heavy atom. The predicted molar refractivity (Wildman–Crippen MR) is 81.5 cm³/mol. The summed E-state index contributed by atoms with van der Waals surface area (Å²) >= 11 is 1.70. The third-order valence-electron chi connectivity index (χ3n) is 2.64. The van der Waals surface area contributed by atoms with Crippen molar-refractivity contribution in [1.82, 2.24) is 0 Å². The van der Waals surface area contributed by atoms with Crippen molar-refractivity contribution in [3.8, 4) is 6.07 Å². The number of carbonyl (C=O) groups excluding carboxylic acids is 1. The molecular weight excluding hydrogens is 268 g/mol. The van der Waals surface area contributed by atoms with Crippen LogP contribution in [0.1, 0.15) is 18.1 Å². The Hall–Kier alpha value is -2.25. The topological polar surface area (TPSA) is 52.9 Å². The van der Waals surface area contributed by atoms with Gasteiger partial charge in [0.1, 0.15) is 0 Å². The Kier molecular flexibility index (Phi) is 4.80. The van der Waals surface area contributed by atoms with Crippen LogP contribution in [0.25, 0.3) is 0 Å². The maximum Gasteiger partial charge on any atom is 0.221 e. The van der Waals surface area contributed by atoms with Gasteiger partial charge in [0.25, 0.3) is 0 Å². The first kappa shape index (κ1) is 14.2. The van der Waals surface area contributed by atoms with Crippen LogP contribution in [0.5, 0.6) is 0 Å². The third-order valence-corrected chi connectivity index (χ3v) is 3.72. The van der Waals surface area contributed by atoms with E-state index < -0.39 is 0 Å². The van der Waals surface area contributed by atoms with Crippen molar-refractivity contribution in [1.29, 1.82) is 5.26 Å². The molecule has 0 radical (unpaired) electrons. The first-order chi connectivity index (χ1) is 9.67. The molecule has 3 nitrogen and oxygen atoms in total. The first-order valence-corrected chi connectivity index (χ1v) is 7.15. The maximum absolute atomic E-state index is 10.9. The summed E-state index contributed by atoms with van der Waals surface area (Å²) in [5.74, 6) is 0.744. The lowest BCUT2D eigenvalue weighted by Crippen LogP contribution is -2.05. The number of nitriles is 1. The van der Waals surface area contributed by atoms with Crippen LogP contribution in [-0.4, -0.2) is 5.91 Å². The van der Waals surface area contributed by atoms with Gasteiger partial charge in [0.05, 0.1) is 11.6 Å². The standard InChI is InChI=1S/C16H14N2OS/c1-12(19)18-15-5-7-16(8-6-15)20-11-14-4-2-3-13(9-14)10-17/h2-9H,11H2,1H3,(H,18,19). The summed E-state index contributed by atoms with van der Waals surface area (Å²) in [4.78, 5) is 12.1. The molecule has 0 unspecified atom stereocenters. The molecular formula is C16H14N2OS. The number of nitrogens with zero attached hydrogens (tertiary/aromatic N) is 1. The lowest BCUT2D eigenvalue weighted by atomic mass is 10.2. The van der Waals surface area contributed by atoms with Crippen molar-refractivity contribution >= 4 is 23.4 Å². The van der Waals surface area contributed by atoms with E-state index in [1.54, 1.807) is 17.8 Å². The molecule has 20 heavy (non-hydrogen) atoms. The summed E-state index contributed by atoms with van der Waals surface area (Å²) in [6, 6.07) is 17.5. The van der Waals surface area contributed by atoms with Gasteiger partial charge >= 0.3 is 0 Å². The van der Waals surface area contributed by atoms with Crippen molar-refractivity contribution in [2.75, 3.05) is 5.32 Å². The van der Waals surface area contributed by atoms with Gasteiger partial charge in [0.2, 0.25) is 5.91 Å². The Morgan fingerprint density at radius 1 is 1.25 bits per heavy atom. The minimum Gasteiger partial charge on any atom is -0.326 e. The summed E-state index contributed by atoms with van der Waals surface area (Å²) in [6.45, 7) is 1.49. The zero-order valence-corrected chi connectivity index (χ0v) is 11.9. The number of benzene rings is 2. The Labute approximate surface area is 122 Å². The van der Waals surface area contributed by atoms with Crippen LogP contribution in [0.2, 0.25) is 0 Å². The van der Waals surface area contributed by atoms with Crippen molar-refractivity contribution in [2.24, 2.45) is 0 Å². The molecule has 0 aliphatic heterocycles. The van der Waals surface area contributed by atoms with Crippen LogP contribution in [0.3, 0.4) is 0 Å². The normalized spacial score (nSPS) is 9.80. The number of hydrogen-bond acceptors (Lipinski definition) is 3. The van der Waals surface area contributed by atoms with Gasteiger partial charge in [-0.1, -0.05) is 12.1 Å². The fourth-order valence-electron chi connectivity index (χ4n) is 1.74. The van der Waals surface area contributed by atoms with Gasteiger partial charge in [-0.15, -0.1) is 11.8 Å². The summed E-state index contributed by atoms with van der Waals surface area (Å²) in [5.41, 5.74) is 2.61. The van der Waals surface area contributed by atoms with Gasteiger partial charge in [-0.3, -0.25) is 4.79 Å². The molecule has 0 saturated heterocycles. The molecule has 2 aromatic rings. The Balaban J connectivity index is 1.97. The molecule has 0 aliphatic carbocycles. The van der Waals surface area contributed by atoms with Crippen LogP contribution in [0.4, 0.5) is 5.69 Å². The molecule has 0 saturated carbocycles. The molecule has 1 amide bonds. The number of thioether (sulfide) groups is 1. The number of amides is 1. The van der Waals surface area contributed by atoms with E-state index in [1.807, 2.05) is 42.5 Å². The van der Waals surface area contributed by atoms with Crippen molar-refractivity contribution < 1.29 is 4.79 Å². The smallest absolute Gasteiger partial charge is 0.221 e. The van der Waals surface area contributed by atoms with E-state index in [4.69, 9.17) is 5.26 Å². The molecule has 0 aromatic heterocycles. The Morgan fingerprint density at radius 3 is 2.65 bits per heavy atom. The van der Waals surface area contributed by atoms with Crippen LogP contribution in [0, 0.1) is 11.3 Å². The highest BCUT2D eigenvalue weighted by atomic mass is 32.2. The van der Waals surface area contributed by atoms with Crippen molar-refractivity contribution in [3.63, 3.8) is 0 Å². The van der Waals surface area contributed by atoms with E-state index in [0.717, 1.165) is 21.9 Å². The number of anilines is 1. The predicted octanol–water partition coefficient (Wildman–Crippen LogP) is 3.81. The lowest BCUT2D eigenvalue weighted by Gasteiger charge is -2.05. The van der Waals surface area contributed by atoms with Crippen molar-refractivity contribution in [3.05, 3.63) is 59.7 Å². The fourth-order valence-corrected chi connectivity index (χ4v) is 2.58. The minimum atomic E-state index is -0.0706. The van der Waals surface area contributed by atoms with Gasteiger partial charge in [0.15, 0.2) is 0 Å². The molecule has 0 bridgehead atoms. The summed E-state index contributed by atoms with van der Waals surface area (Å²) in [7, 11) is 0. The molecule has 0 heterocycles. The number of nitrogens with one attached hydrogen (secondary N) is 1.